The van der Waals surface area contributed by atoms with Crippen molar-refractivity contribution in [3.05, 3.63) is 30.1 Å². The summed E-state index contributed by atoms with van der Waals surface area (Å²) < 4.78 is 1.60. The maximum absolute atomic E-state index is 8.63. The number of halogens is 3. The third-order valence-corrected chi connectivity index (χ3v) is 4.54. The standard InChI is InChI=1S/C9H6Br3N3O3/c10-7-4(1-13-16)8(11)6(3-15-18)9(12)5(7)2-14-17/h1-3,16-18H/b13-1+,14-2+,15-3+. The van der Waals surface area contributed by atoms with Crippen LogP contribution in [0.2, 0.25) is 0 Å². The van der Waals surface area contributed by atoms with Gasteiger partial charge in [-0.05, 0) is 47.8 Å². The Labute approximate surface area is 127 Å². The van der Waals surface area contributed by atoms with Crippen LogP contribution in [0, 0.1) is 0 Å². The van der Waals surface area contributed by atoms with Gasteiger partial charge in [-0.3, -0.25) is 0 Å². The van der Waals surface area contributed by atoms with E-state index in [1.165, 1.54) is 18.6 Å². The second-order valence-electron chi connectivity index (χ2n) is 2.92. The zero-order chi connectivity index (χ0) is 13.7. The molecule has 3 N–H and O–H groups in total. The summed E-state index contributed by atoms with van der Waals surface area (Å²) in [6.45, 7) is 0. The summed E-state index contributed by atoms with van der Waals surface area (Å²) in [6.07, 6.45) is 3.55. The van der Waals surface area contributed by atoms with Gasteiger partial charge >= 0.3 is 0 Å². The lowest BCUT2D eigenvalue weighted by Gasteiger charge is -2.11. The summed E-state index contributed by atoms with van der Waals surface area (Å²) in [6, 6.07) is 0. The summed E-state index contributed by atoms with van der Waals surface area (Å²) in [5.74, 6) is 0. The fraction of sp³-hybridized carbons (Fsp3) is 0. The van der Waals surface area contributed by atoms with E-state index in [1.54, 1.807) is 0 Å². The highest BCUT2D eigenvalue weighted by Gasteiger charge is 2.17. The van der Waals surface area contributed by atoms with Crippen LogP contribution in [0.25, 0.3) is 0 Å². The van der Waals surface area contributed by atoms with E-state index in [0.29, 0.717) is 30.1 Å². The maximum Gasteiger partial charge on any atom is 0.0757 e. The van der Waals surface area contributed by atoms with E-state index in [2.05, 4.69) is 63.3 Å². The molecule has 18 heavy (non-hydrogen) atoms. The molecule has 6 nitrogen and oxygen atoms in total. The highest BCUT2D eigenvalue weighted by atomic mass is 79.9. The average molecular weight is 444 g/mol. The van der Waals surface area contributed by atoms with E-state index in [-0.39, 0.29) is 0 Å². The molecule has 0 saturated heterocycles. The summed E-state index contributed by atoms with van der Waals surface area (Å²) in [4.78, 5) is 0. The Kier molecular flexibility index (Phi) is 5.76. The predicted octanol–water partition coefficient (Wildman–Crippen LogP) is 3.40. The molecule has 0 aromatic heterocycles. The molecule has 1 aromatic carbocycles. The maximum atomic E-state index is 8.63. The normalized spacial score (nSPS) is 12.2. The average Bonchev–Trinajstić information content (AvgIpc) is 2.35. The highest BCUT2D eigenvalue weighted by molar-refractivity contribution is 9.11. The summed E-state index contributed by atoms with van der Waals surface area (Å²) in [5.41, 5.74) is 1.47. The van der Waals surface area contributed by atoms with Gasteiger partial charge in [-0.15, -0.1) is 0 Å². The Morgan fingerprint density at radius 1 is 0.611 bits per heavy atom. The van der Waals surface area contributed by atoms with E-state index in [0.717, 1.165) is 0 Å². The van der Waals surface area contributed by atoms with Gasteiger partial charge in [0.2, 0.25) is 0 Å². The Bertz CT molecular complexity index is 446. The summed E-state index contributed by atoms with van der Waals surface area (Å²) in [5, 5.41) is 34.7. The van der Waals surface area contributed by atoms with Crippen molar-refractivity contribution in [3.8, 4) is 0 Å². The predicted molar refractivity (Wildman–Crippen MR) is 77.7 cm³/mol. The van der Waals surface area contributed by atoms with Crippen LogP contribution in [0.5, 0.6) is 0 Å². The summed E-state index contributed by atoms with van der Waals surface area (Å²) in [7, 11) is 0. The monoisotopic (exact) mass is 441 g/mol. The fourth-order valence-electron chi connectivity index (χ4n) is 1.24. The lowest BCUT2D eigenvalue weighted by atomic mass is 10.1. The van der Waals surface area contributed by atoms with Crippen molar-refractivity contribution in [1.82, 2.24) is 0 Å². The van der Waals surface area contributed by atoms with Crippen LogP contribution < -0.4 is 0 Å². The molecule has 1 rings (SSSR count). The zero-order valence-corrected chi connectivity index (χ0v) is 13.3. The second kappa shape index (κ2) is 6.86. The minimum Gasteiger partial charge on any atom is -0.411 e. The Morgan fingerprint density at radius 2 is 0.833 bits per heavy atom. The van der Waals surface area contributed by atoms with Gasteiger partial charge in [0.15, 0.2) is 0 Å². The molecule has 0 aliphatic heterocycles. The molecule has 0 spiro atoms. The lowest BCUT2D eigenvalue weighted by molar-refractivity contribution is 0.321. The zero-order valence-electron chi connectivity index (χ0n) is 8.55. The van der Waals surface area contributed by atoms with Crippen molar-refractivity contribution < 1.29 is 15.6 Å². The van der Waals surface area contributed by atoms with Crippen LogP contribution in [0.3, 0.4) is 0 Å². The Morgan fingerprint density at radius 3 is 1.00 bits per heavy atom. The summed E-state index contributed by atoms with van der Waals surface area (Å²) >= 11 is 9.90. The first-order valence-corrected chi connectivity index (χ1v) is 6.69. The first-order valence-electron chi connectivity index (χ1n) is 4.31. The molecule has 0 amide bonds. The number of nitrogens with zero attached hydrogens (tertiary/aromatic N) is 3. The molecule has 0 radical (unpaired) electrons. The minimum absolute atomic E-state index is 0.491. The van der Waals surface area contributed by atoms with Gasteiger partial charge in [0, 0.05) is 30.1 Å². The van der Waals surface area contributed by atoms with Crippen molar-refractivity contribution in [1.29, 1.82) is 0 Å². The van der Waals surface area contributed by atoms with E-state index >= 15 is 0 Å². The van der Waals surface area contributed by atoms with Crippen molar-refractivity contribution in [3.63, 3.8) is 0 Å². The minimum atomic E-state index is 0.491. The third-order valence-electron chi connectivity index (χ3n) is 1.98. The molecular weight excluding hydrogens is 438 g/mol. The van der Waals surface area contributed by atoms with Gasteiger partial charge in [0.1, 0.15) is 0 Å². The quantitative estimate of drug-likeness (QED) is 0.379. The van der Waals surface area contributed by atoms with Crippen LogP contribution in [0.4, 0.5) is 0 Å². The number of hydrogen-bond acceptors (Lipinski definition) is 6. The van der Waals surface area contributed by atoms with Gasteiger partial charge in [0.05, 0.1) is 18.6 Å². The smallest absolute Gasteiger partial charge is 0.0757 e. The van der Waals surface area contributed by atoms with Crippen LogP contribution >= 0.6 is 47.8 Å². The second-order valence-corrected chi connectivity index (χ2v) is 5.30. The van der Waals surface area contributed by atoms with Crippen LogP contribution in [-0.4, -0.2) is 34.3 Å². The van der Waals surface area contributed by atoms with E-state index in [9.17, 15) is 0 Å². The molecule has 9 heteroatoms. The molecule has 0 heterocycles. The number of rotatable bonds is 3. The van der Waals surface area contributed by atoms with Gasteiger partial charge in [0.25, 0.3) is 0 Å². The van der Waals surface area contributed by atoms with Crippen LogP contribution in [0.15, 0.2) is 28.9 Å². The van der Waals surface area contributed by atoms with E-state index < -0.39 is 0 Å². The number of hydrogen-bond donors (Lipinski definition) is 3. The third kappa shape index (κ3) is 2.90. The van der Waals surface area contributed by atoms with E-state index in [1.807, 2.05) is 0 Å². The molecule has 0 fully saturated rings. The number of benzene rings is 1. The van der Waals surface area contributed by atoms with E-state index in [4.69, 9.17) is 15.6 Å². The molecule has 0 bridgehead atoms. The molecule has 0 saturated carbocycles. The molecule has 0 unspecified atom stereocenters. The SMILES string of the molecule is O/N=C/c1c(Br)c(/C=N/O)c(Br)c(/C=N/O)c1Br. The van der Waals surface area contributed by atoms with Crippen molar-refractivity contribution in [2.24, 2.45) is 15.5 Å². The molecule has 0 aliphatic rings. The fourth-order valence-corrected chi connectivity index (χ4v) is 3.84. The van der Waals surface area contributed by atoms with Crippen molar-refractivity contribution >= 4 is 66.4 Å². The first kappa shape index (κ1) is 15.1. The lowest BCUT2D eigenvalue weighted by Crippen LogP contribution is -2.01. The molecule has 1 aromatic rings. The molecule has 0 aliphatic carbocycles. The Balaban J connectivity index is 3.74. The van der Waals surface area contributed by atoms with Gasteiger partial charge in [-0.25, -0.2) is 0 Å². The van der Waals surface area contributed by atoms with Gasteiger partial charge in [-0.1, -0.05) is 15.5 Å². The molecule has 0 atom stereocenters. The first-order chi connectivity index (χ1) is 8.58. The molecule has 96 valence electrons. The van der Waals surface area contributed by atoms with Crippen molar-refractivity contribution in [2.75, 3.05) is 0 Å². The topological polar surface area (TPSA) is 97.8 Å². The van der Waals surface area contributed by atoms with Gasteiger partial charge < -0.3 is 15.6 Å². The van der Waals surface area contributed by atoms with Crippen LogP contribution in [-0.2, 0) is 0 Å². The highest BCUT2D eigenvalue weighted by Crippen LogP contribution is 2.36. The van der Waals surface area contributed by atoms with Crippen molar-refractivity contribution in [2.45, 2.75) is 0 Å². The largest absolute Gasteiger partial charge is 0.411 e. The number of oxime groups is 3. The molecular formula is C9H6Br3N3O3. The Hall–Kier alpha value is -0.930. The van der Waals surface area contributed by atoms with Gasteiger partial charge in [-0.2, -0.15) is 0 Å². The van der Waals surface area contributed by atoms with Crippen LogP contribution in [0.1, 0.15) is 16.7 Å².